The van der Waals surface area contributed by atoms with Gasteiger partial charge in [0.1, 0.15) is 11.9 Å². The summed E-state index contributed by atoms with van der Waals surface area (Å²) in [5.74, 6) is -2.60. The first-order chi connectivity index (χ1) is 11.0. The van der Waals surface area contributed by atoms with E-state index in [2.05, 4.69) is 5.32 Å². The molecule has 2 N–H and O–H groups in total. The first-order valence-corrected chi connectivity index (χ1v) is 7.63. The van der Waals surface area contributed by atoms with Gasteiger partial charge in [0.25, 0.3) is 5.91 Å². The predicted molar refractivity (Wildman–Crippen MR) is 79.7 cm³/mol. The smallest absolute Gasteiger partial charge is 0.326 e. The van der Waals surface area contributed by atoms with E-state index in [-0.39, 0.29) is 17.9 Å². The molecule has 7 heteroatoms. The quantitative estimate of drug-likeness (QED) is 0.870. The highest BCUT2D eigenvalue weighted by Gasteiger charge is 2.34. The van der Waals surface area contributed by atoms with Crippen molar-refractivity contribution < 1.29 is 23.9 Å². The van der Waals surface area contributed by atoms with Crippen LogP contribution >= 0.6 is 0 Å². The molecule has 1 saturated heterocycles. The highest BCUT2D eigenvalue weighted by molar-refractivity contribution is 5.99. The van der Waals surface area contributed by atoms with E-state index in [4.69, 9.17) is 0 Å². The van der Waals surface area contributed by atoms with Gasteiger partial charge in [-0.05, 0) is 43.4 Å². The average Bonchev–Trinajstić information content (AvgIpc) is 2.53. The van der Waals surface area contributed by atoms with Crippen LogP contribution in [0.5, 0.6) is 0 Å². The number of amides is 2. The molecule has 2 heterocycles. The number of aryl methyl sites for hydroxylation is 1. The Bertz CT molecular complexity index is 689. The number of nitrogens with zero attached hydrogens (tertiary/aromatic N) is 1. The van der Waals surface area contributed by atoms with Gasteiger partial charge in [0.05, 0.1) is 5.56 Å². The molecule has 2 amide bonds. The summed E-state index contributed by atoms with van der Waals surface area (Å²) in [5, 5.41) is 11.8. The van der Waals surface area contributed by atoms with Gasteiger partial charge >= 0.3 is 5.97 Å². The van der Waals surface area contributed by atoms with Crippen LogP contribution in [-0.4, -0.2) is 40.4 Å². The number of carbonyl (C=O) groups excluding carboxylic acids is 2. The number of hydrogen-bond donors (Lipinski definition) is 2. The van der Waals surface area contributed by atoms with Gasteiger partial charge in [0.2, 0.25) is 5.91 Å². The second kappa shape index (κ2) is 5.98. The standard InChI is InChI=1S/C16H17FN2O4/c17-11-8-12-9(4-5-14(20)18-12)7-10(11)15(21)19-6-2-1-3-13(19)16(22)23/h7-8,13H,1-6H2,(H,18,20)(H,22,23)/t13-/m1/s1. The third-order valence-corrected chi connectivity index (χ3v) is 4.37. The molecule has 3 rings (SSSR count). The number of hydrogen-bond acceptors (Lipinski definition) is 3. The van der Waals surface area contributed by atoms with E-state index in [9.17, 15) is 23.9 Å². The van der Waals surface area contributed by atoms with E-state index in [0.717, 1.165) is 12.5 Å². The molecule has 0 saturated carbocycles. The molecule has 122 valence electrons. The number of carboxylic acid groups (broad SMARTS) is 1. The fourth-order valence-corrected chi connectivity index (χ4v) is 3.15. The minimum atomic E-state index is -1.07. The molecule has 2 aliphatic rings. The maximum atomic E-state index is 14.3. The van der Waals surface area contributed by atoms with Crippen LogP contribution in [0, 0.1) is 5.82 Å². The SMILES string of the molecule is O=C1CCc2cc(C(=O)N3CCCC[C@@H]3C(=O)O)c(F)cc2N1. The van der Waals surface area contributed by atoms with Gasteiger partial charge in [0.15, 0.2) is 0 Å². The number of benzene rings is 1. The highest BCUT2D eigenvalue weighted by atomic mass is 19.1. The molecule has 23 heavy (non-hydrogen) atoms. The fourth-order valence-electron chi connectivity index (χ4n) is 3.15. The Hall–Kier alpha value is -2.44. The molecule has 0 aromatic heterocycles. The Kier molecular flexibility index (Phi) is 4.02. The monoisotopic (exact) mass is 320 g/mol. The average molecular weight is 320 g/mol. The molecular formula is C16H17FN2O4. The summed E-state index contributed by atoms with van der Waals surface area (Å²) in [6, 6.07) is 1.66. The van der Waals surface area contributed by atoms with Crippen LogP contribution in [0.25, 0.3) is 0 Å². The number of rotatable bonds is 2. The lowest BCUT2D eigenvalue weighted by Crippen LogP contribution is -2.48. The van der Waals surface area contributed by atoms with Crippen molar-refractivity contribution in [1.82, 2.24) is 4.90 Å². The number of carboxylic acids is 1. The molecule has 1 fully saturated rings. The van der Waals surface area contributed by atoms with Gasteiger partial charge in [0, 0.05) is 18.7 Å². The summed E-state index contributed by atoms with van der Waals surface area (Å²) in [5.41, 5.74) is 0.940. The minimum absolute atomic E-state index is 0.131. The lowest BCUT2D eigenvalue weighted by Gasteiger charge is -2.33. The Balaban J connectivity index is 1.93. The third kappa shape index (κ3) is 2.91. The molecule has 1 aromatic rings. The van der Waals surface area contributed by atoms with Crippen molar-refractivity contribution in [3.8, 4) is 0 Å². The first-order valence-electron chi connectivity index (χ1n) is 7.63. The van der Waals surface area contributed by atoms with E-state index < -0.39 is 23.7 Å². The maximum Gasteiger partial charge on any atom is 0.326 e. The van der Waals surface area contributed by atoms with Crippen LogP contribution in [0.15, 0.2) is 12.1 Å². The van der Waals surface area contributed by atoms with Gasteiger partial charge in [-0.1, -0.05) is 0 Å². The summed E-state index contributed by atoms with van der Waals surface area (Å²) < 4.78 is 14.3. The Morgan fingerprint density at radius 3 is 2.78 bits per heavy atom. The second-order valence-electron chi connectivity index (χ2n) is 5.89. The van der Waals surface area contributed by atoms with Crippen molar-refractivity contribution in [3.05, 3.63) is 29.1 Å². The molecule has 1 aromatic carbocycles. The van der Waals surface area contributed by atoms with Crippen LogP contribution in [-0.2, 0) is 16.0 Å². The number of likely N-dealkylation sites (tertiary alicyclic amines) is 1. The van der Waals surface area contributed by atoms with Crippen molar-refractivity contribution >= 4 is 23.5 Å². The van der Waals surface area contributed by atoms with Gasteiger partial charge in [-0.2, -0.15) is 0 Å². The number of nitrogens with one attached hydrogen (secondary N) is 1. The Morgan fingerprint density at radius 2 is 2.04 bits per heavy atom. The molecule has 0 unspecified atom stereocenters. The van der Waals surface area contributed by atoms with Crippen LogP contribution < -0.4 is 5.32 Å². The first kappa shape index (κ1) is 15.5. The zero-order valence-corrected chi connectivity index (χ0v) is 12.5. The molecule has 0 radical (unpaired) electrons. The largest absolute Gasteiger partial charge is 0.480 e. The summed E-state index contributed by atoms with van der Waals surface area (Å²) in [6.07, 6.45) is 2.54. The minimum Gasteiger partial charge on any atom is -0.480 e. The van der Waals surface area contributed by atoms with Crippen LogP contribution in [0.4, 0.5) is 10.1 Å². The molecule has 6 nitrogen and oxygen atoms in total. The van der Waals surface area contributed by atoms with Crippen molar-refractivity contribution in [2.24, 2.45) is 0 Å². The normalized spacial score (nSPS) is 20.7. The molecule has 0 aliphatic carbocycles. The van der Waals surface area contributed by atoms with Crippen molar-refractivity contribution in [2.45, 2.75) is 38.1 Å². The zero-order chi connectivity index (χ0) is 16.6. The third-order valence-electron chi connectivity index (χ3n) is 4.37. The van der Waals surface area contributed by atoms with Crippen molar-refractivity contribution in [2.75, 3.05) is 11.9 Å². The van der Waals surface area contributed by atoms with E-state index >= 15 is 0 Å². The summed E-state index contributed by atoms with van der Waals surface area (Å²) in [4.78, 5) is 36.5. The van der Waals surface area contributed by atoms with Crippen LogP contribution in [0.2, 0.25) is 0 Å². The van der Waals surface area contributed by atoms with E-state index in [0.29, 0.717) is 37.1 Å². The lowest BCUT2D eigenvalue weighted by molar-refractivity contribution is -0.143. The lowest BCUT2D eigenvalue weighted by atomic mass is 9.97. The van der Waals surface area contributed by atoms with Gasteiger partial charge in [-0.3, -0.25) is 9.59 Å². The number of aliphatic carboxylic acids is 1. The van der Waals surface area contributed by atoms with Crippen molar-refractivity contribution in [1.29, 1.82) is 0 Å². The molecule has 1 atom stereocenters. The number of halogens is 1. The Morgan fingerprint density at radius 1 is 1.26 bits per heavy atom. The molecule has 0 spiro atoms. The van der Waals surface area contributed by atoms with Gasteiger partial charge in [-0.25, -0.2) is 9.18 Å². The van der Waals surface area contributed by atoms with Crippen molar-refractivity contribution in [3.63, 3.8) is 0 Å². The van der Waals surface area contributed by atoms with E-state index in [1.165, 1.54) is 11.0 Å². The zero-order valence-electron chi connectivity index (χ0n) is 12.5. The summed E-state index contributed by atoms with van der Waals surface area (Å²) in [6.45, 7) is 0.309. The number of anilines is 1. The molecular weight excluding hydrogens is 303 g/mol. The summed E-state index contributed by atoms with van der Waals surface area (Å²) in [7, 11) is 0. The maximum absolute atomic E-state index is 14.3. The number of carbonyl (C=O) groups is 3. The predicted octanol–water partition coefficient (Wildman–Crippen LogP) is 1.79. The number of piperidine rings is 1. The fraction of sp³-hybridized carbons (Fsp3) is 0.438. The second-order valence-corrected chi connectivity index (χ2v) is 5.89. The Labute approximate surface area is 132 Å². The topological polar surface area (TPSA) is 86.7 Å². The highest BCUT2D eigenvalue weighted by Crippen LogP contribution is 2.28. The van der Waals surface area contributed by atoms with Gasteiger partial charge < -0.3 is 15.3 Å². The molecule has 2 aliphatic heterocycles. The van der Waals surface area contributed by atoms with E-state index in [1.807, 2.05) is 0 Å². The summed E-state index contributed by atoms with van der Waals surface area (Å²) >= 11 is 0. The number of fused-ring (bicyclic) bond motifs is 1. The molecule has 0 bridgehead atoms. The van der Waals surface area contributed by atoms with E-state index in [1.54, 1.807) is 0 Å². The van der Waals surface area contributed by atoms with Crippen LogP contribution in [0.1, 0.15) is 41.6 Å². The van der Waals surface area contributed by atoms with Crippen LogP contribution in [0.3, 0.4) is 0 Å². The van der Waals surface area contributed by atoms with Gasteiger partial charge in [-0.15, -0.1) is 0 Å².